The molecule has 1 heterocycles. The van der Waals surface area contributed by atoms with Gasteiger partial charge in [-0.15, -0.1) is 11.3 Å². The van der Waals surface area contributed by atoms with Crippen LogP contribution in [0.1, 0.15) is 4.88 Å². The molecule has 21 heavy (non-hydrogen) atoms. The maximum Gasteiger partial charge on any atom is 0.271 e. The summed E-state index contributed by atoms with van der Waals surface area (Å²) in [5, 5.41) is 25.8. The first-order chi connectivity index (χ1) is 10.1. The number of thiazole rings is 1. The van der Waals surface area contributed by atoms with E-state index < -0.39 is 4.92 Å². The Kier molecular flexibility index (Phi) is 5.32. The Bertz CT molecular complexity index is 635. The van der Waals surface area contributed by atoms with Crippen LogP contribution in [0.5, 0.6) is 0 Å². The summed E-state index contributed by atoms with van der Waals surface area (Å²) in [5.74, 6) is 0. The van der Waals surface area contributed by atoms with Crippen molar-refractivity contribution in [2.75, 3.05) is 23.8 Å². The number of nitro groups is 1. The van der Waals surface area contributed by atoms with Gasteiger partial charge in [0.2, 0.25) is 0 Å². The van der Waals surface area contributed by atoms with Crippen molar-refractivity contribution >= 4 is 40.0 Å². The number of nitrogens with zero attached hydrogens (tertiary/aromatic N) is 2. The van der Waals surface area contributed by atoms with Gasteiger partial charge < -0.3 is 15.7 Å². The summed E-state index contributed by atoms with van der Waals surface area (Å²) in [6.07, 6.45) is 1.65. The smallest absolute Gasteiger partial charge is 0.271 e. The number of non-ortho nitro benzene ring substituents is 1. The minimum Gasteiger partial charge on any atom is -0.395 e. The topological polar surface area (TPSA) is 100 Å². The number of aromatic nitrogens is 1. The monoisotopic (exact) mass is 328 g/mol. The van der Waals surface area contributed by atoms with E-state index in [1.165, 1.54) is 23.5 Å². The van der Waals surface area contributed by atoms with Gasteiger partial charge in [0.05, 0.1) is 29.4 Å². The molecule has 9 heteroatoms. The van der Waals surface area contributed by atoms with Crippen LogP contribution in [0.4, 0.5) is 17.1 Å². The van der Waals surface area contributed by atoms with Gasteiger partial charge in [-0.1, -0.05) is 11.6 Å². The molecule has 0 saturated carbocycles. The number of aliphatic hydroxyl groups is 1. The predicted molar refractivity (Wildman–Crippen MR) is 83.1 cm³/mol. The average Bonchev–Trinajstić information content (AvgIpc) is 2.88. The van der Waals surface area contributed by atoms with Gasteiger partial charge in [-0.25, -0.2) is 4.98 Å². The van der Waals surface area contributed by atoms with Crippen molar-refractivity contribution in [3.8, 4) is 0 Å². The highest BCUT2D eigenvalue weighted by Gasteiger charge is 2.11. The van der Waals surface area contributed by atoms with E-state index in [1.807, 2.05) is 0 Å². The van der Waals surface area contributed by atoms with Crippen molar-refractivity contribution in [2.45, 2.75) is 6.54 Å². The molecular formula is C12H13ClN4O3S. The number of nitro benzene ring substituents is 1. The molecule has 0 atom stereocenters. The first-order valence-electron chi connectivity index (χ1n) is 6.07. The zero-order valence-corrected chi connectivity index (χ0v) is 12.4. The summed E-state index contributed by atoms with van der Waals surface area (Å²) >= 11 is 7.10. The molecule has 0 aliphatic heterocycles. The SMILES string of the molecule is O=[N+]([O-])c1ccc(NCCO)c(NCc2cnc(Cl)s2)c1. The highest BCUT2D eigenvalue weighted by molar-refractivity contribution is 7.15. The lowest BCUT2D eigenvalue weighted by molar-refractivity contribution is -0.384. The van der Waals surface area contributed by atoms with Crippen molar-refractivity contribution < 1.29 is 10.0 Å². The molecule has 7 nitrogen and oxygen atoms in total. The number of anilines is 2. The van der Waals surface area contributed by atoms with Gasteiger partial charge in [0.25, 0.3) is 5.69 Å². The van der Waals surface area contributed by atoms with E-state index in [-0.39, 0.29) is 12.3 Å². The van der Waals surface area contributed by atoms with Gasteiger partial charge in [-0.2, -0.15) is 0 Å². The van der Waals surface area contributed by atoms with Crippen LogP contribution in [0, 0.1) is 10.1 Å². The number of rotatable bonds is 7. The van der Waals surface area contributed by atoms with Crippen molar-refractivity contribution in [1.82, 2.24) is 4.98 Å². The molecule has 0 saturated heterocycles. The molecule has 1 aromatic heterocycles. The summed E-state index contributed by atoms with van der Waals surface area (Å²) in [6, 6.07) is 4.46. The largest absolute Gasteiger partial charge is 0.395 e. The third-order valence-corrected chi connectivity index (χ3v) is 3.73. The zero-order chi connectivity index (χ0) is 15.2. The first kappa shape index (κ1) is 15.5. The van der Waals surface area contributed by atoms with Gasteiger partial charge in [0.15, 0.2) is 4.47 Å². The quantitative estimate of drug-likeness (QED) is 0.533. The molecule has 2 rings (SSSR count). The molecule has 0 radical (unpaired) electrons. The second-order valence-corrected chi connectivity index (χ2v) is 5.77. The lowest BCUT2D eigenvalue weighted by Gasteiger charge is -2.12. The van der Waals surface area contributed by atoms with Gasteiger partial charge in [-0.3, -0.25) is 10.1 Å². The molecule has 0 aliphatic carbocycles. The maximum atomic E-state index is 10.8. The number of hydrogen-bond donors (Lipinski definition) is 3. The molecule has 0 aliphatic rings. The molecule has 0 spiro atoms. The van der Waals surface area contributed by atoms with Crippen LogP contribution in [0.2, 0.25) is 4.47 Å². The Morgan fingerprint density at radius 2 is 2.19 bits per heavy atom. The third kappa shape index (κ3) is 4.28. The zero-order valence-electron chi connectivity index (χ0n) is 10.9. The standard InChI is InChI=1S/C12H13ClN4O3S/c13-12-16-7-9(21-12)6-15-11-5-8(17(19)20)1-2-10(11)14-3-4-18/h1-2,5,7,14-15,18H,3-4,6H2. The molecule has 112 valence electrons. The first-order valence-corrected chi connectivity index (χ1v) is 7.27. The molecule has 3 N–H and O–H groups in total. The lowest BCUT2D eigenvalue weighted by Crippen LogP contribution is -2.09. The highest BCUT2D eigenvalue weighted by Crippen LogP contribution is 2.28. The fraction of sp³-hybridized carbons (Fsp3) is 0.250. The van der Waals surface area contributed by atoms with Gasteiger partial charge in [-0.05, 0) is 6.07 Å². The second kappa shape index (κ2) is 7.21. The van der Waals surface area contributed by atoms with E-state index >= 15 is 0 Å². The fourth-order valence-corrected chi connectivity index (χ4v) is 2.60. The molecule has 0 amide bonds. The van der Waals surface area contributed by atoms with Crippen molar-refractivity contribution in [3.63, 3.8) is 0 Å². The molecule has 2 aromatic rings. The summed E-state index contributed by atoms with van der Waals surface area (Å²) in [4.78, 5) is 15.2. The minimum atomic E-state index is -0.454. The number of nitrogens with one attached hydrogen (secondary N) is 2. The Hall–Kier alpha value is -1.90. The maximum absolute atomic E-state index is 10.8. The molecule has 0 unspecified atom stereocenters. The van der Waals surface area contributed by atoms with Crippen LogP contribution in [0.3, 0.4) is 0 Å². The van der Waals surface area contributed by atoms with Crippen LogP contribution in [0.25, 0.3) is 0 Å². The minimum absolute atomic E-state index is 0.00520. The molecule has 1 aromatic carbocycles. The van der Waals surface area contributed by atoms with Gasteiger partial charge in [0.1, 0.15) is 0 Å². The Morgan fingerprint density at radius 3 is 2.81 bits per heavy atom. The fourth-order valence-electron chi connectivity index (χ4n) is 1.68. The molecule has 0 bridgehead atoms. The highest BCUT2D eigenvalue weighted by atomic mass is 35.5. The van der Waals surface area contributed by atoms with E-state index in [0.29, 0.717) is 28.9 Å². The van der Waals surface area contributed by atoms with E-state index in [9.17, 15) is 10.1 Å². The van der Waals surface area contributed by atoms with Crippen molar-refractivity contribution in [1.29, 1.82) is 0 Å². The lowest BCUT2D eigenvalue weighted by atomic mass is 10.2. The Labute approximate surface area is 129 Å². The van der Waals surface area contributed by atoms with Crippen LogP contribution < -0.4 is 10.6 Å². The van der Waals surface area contributed by atoms with Crippen LogP contribution >= 0.6 is 22.9 Å². The normalized spacial score (nSPS) is 10.4. The van der Waals surface area contributed by atoms with Crippen LogP contribution in [-0.2, 0) is 6.54 Å². The number of hydrogen-bond acceptors (Lipinski definition) is 7. The third-order valence-electron chi connectivity index (χ3n) is 2.62. The average molecular weight is 329 g/mol. The van der Waals surface area contributed by atoms with E-state index in [0.717, 1.165) is 4.88 Å². The Balaban J connectivity index is 2.16. The summed E-state index contributed by atoms with van der Waals surface area (Å²) < 4.78 is 0.449. The summed E-state index contributed by atoms with van der Waals surface area (Å²) in [7, 11) is 0. The second-order valence-electron chi connectivity index (χ2n) is 4.07. The van der Waals surface area contributed by atoms with Crippen molar-refractivity contribution in [3.05, 3.63) is 43.9 Å². The van der Waals surface area contributed by atoms with Gasteiger partial charge >= 0.3 is 0 Å². The predicted octanol–water partition coefficient (Wildman–Crippen LogP) is 2.72. The molecule has 0 fully saturated rings. The van der Waals surface area contributed by atoms with Gasteiger partial charge in [0, 0.05) is 29.8 Å². The number of aliphatic hydroxyl groups excluding tert-OH is 1. The van der Waals surface area contributed by atoms with E-state index in [1.54, 1.807) is 12.3 Å². The van der Waals surface area contributed by atoms with E-state index in [2.05, 4.69) is 15.6 Å². The summed E-state index contributed by atoms with van der Waals surface area (Å²) in [5.41, 5.74) is 1.27. The van der Waals surface area contributed by atoms with Crippen molar-refractivity contribution in [2.24, 2.45) is 0 Å². The van der Waals surface area contributed by atoms with Crippen LogP contribution in [-0.4, -0.2) is 28.2 Å². The van der Waals surface area contributed by atoms with Crippen LogP contribution in [0.15, 0.2) is 24.4 Å². The molecular weight excluding hydrogens is 316 g/mol. The Morgan fingerprint density at radius 1 is 1.38 bits per heavy atom. The summed E-state index contributed by atoms with van der Waals surface area (Å²) in [6.45, 7) is 0.791. The number of halogens is 1. The van der Waals surface area contributed by atoms with E-state index in [4.69, 9.17) is 16.7 Å². The number of benzene rings is 1.